The minimum atomic E-state index is -0.471. The molecular weight excluding hydrogens is 268 g/mol. The number of nitrogens with zero attached hydrogens (tertiary/aromatic N) is 3. The third-order valence-electron chi connectivity index (χ3n) is 3.26. The van der Waals surface area contributed by atoms with Crippen LogP contribution in [0.25, 0.3) is 0 Å². The summed E-state index contributed by atoms with van der Waals surface area (Å²) in [5, 5.41) is 2.92. The molecule has 1 aliphatic rings. The summed E-state index contributed by atoms with van der Waals surface area (Å²) >= 11 is 0. The van der Waals surface area contributed by atoms with Crippen molar-refractivity contribution < 1.29 is 9.53 Å². The van der Waals surface area contributed by atoms with Gasteiger partial charge in [0.2, 0.25) is 0 Å². The van der Waals surface area contributed by atoms with E-state index in [0.29, 0.717) is 0 Å². The lowest BCUT2D eigenvalue weighted by Gasteiger charge is -2.22. The molecule has 0 unspecified atom stereocenters. The second kappa shape index (κ2) is 5.87. The molecule has 0 saturated carbocycles. The molecule has 1 amide bonds. The Hall–Kier alpha value is -1.85. The lowest BCUT2D eigenvalue weighted by atomic mass is 10.2. The summed E-state index contributed by atoms with van der Waals surface area (Å²) in [6.45, 7) is 11.1. The first-order valence-corrected chi connectivity index (χ1v) is 7.29. The van der Waals surface area contributed by atoms with Crippen molar-refractivity contribution in [2.24, 2.45) is 0 Å². The van der Waals surface area contributed by atoms with Gasteiger partial charge in [0.05, 0.1) is 17.4 Å². The van der Waals surface area contributed by atoms with Gasteiger partial charge in [-0.1, -0.05) is 0 Å². The number of hydrogen-bond donors (Lipinski definition) is 1. The molecule has 0 radical (unpaired) electrons. The van der Waals surface area contributed by atoms with Gasteiger partial charge in [0.15, 0.2) is 0 Å². The number of anilines is 1. The average Bonchev–Trinajstić information content (AvgIpc) is 2.78. The topological polar surface area (TPSA) is 67.4 Å². The molecule has 1 aromatic rings. The number of ether oxygens (including phenoxy) is 1. The minimum absolute atomic E-state index is 0.0848. The van der Waals surface area contributed by atoms with Crippen LogP contribution < -0.4 is 10.2 Å². The molecule has 2 rings (SSSR count). The Kier molecular flexibility index (Phi) is 4.34. The first-order valence-electron chi connectivity index (χ1n) is 7.29. The second-order valence-electron chi connectivity index (χ2n) is 6.50. The lowest BCUT2D eigenvalue weighted by molar-refractivity contribution is 0.0509. The number of carbonyl (C=O) groups excluding carboxylic acids is 1. The van der Waals surface area contributed by atoms with Crippen molar-refractivity contribution in [3.63, 3.8) is 0 Å². The minimum Gasteiger partial charge on any atom is -0.444 e. The molecule has 1 saturated heterocycles. The summed E-state index contributed by atoms with van der Waals surface area (Å²) in [4.78, 5) is 22.9. The van der Waals surface area contributed by atoms with E-state index in [1.54, 1.807) is 6.20 Å². The molecule has 6 nitrogen and oxygen atoms in total. The van der Waals surface area contributed by atoms with E-state index in [1.807, 2.05) is 34.6 Å². The van der Waals surface area contributed by atoms with Gasteiger partial charge in [-0.25, -0.2) is 9.78 Å². The van der Waals surface area contributed by atoms with Crippen LogP contribution in [-0.2, 0) is 4.74 Å². The number of carbonyl (C=O) groups is 1. The molecule has 0 spiro atoms. The van der Waals surface area contributed by atoms with Crippen molar-refractivity contribution >= 4 is 11.9 Å². The van der Waals surface area contributed by atoms with Gasteiger partial charge in [-0.2, -0.15) is 0 Å². The van der Waals surface area contributed by atoms with Crippen LogP contribution in [0.5, 0.6) is 0 Å². The van der Waals surface area contributed by atoms with Crippen molar-refractivity contribution in [3.8, 4) is 0 Å². The quantitative estimate of drug-likeness (QED) is 0.905. The summed E-state index contributed by atoms with van der Waals surface area (Å²) in [5.74, 6) is 0.906. The van der Waals surface area contributed by atoms with Crippen molar-refractivity contribution in [2.75, 3.05) is 18.0 Å². The van der Waals surface area contributed by atoms with Crippen LogP contribution in [0.4, 0.5) is 10.6 Å². The van der Waals surface area contributed by atoms with Crippen molar-refractivity contribution in [1.82, 2.24) is 15.3 Å². The first kappa shape index (κ1) is 15.5. The maximum Gasteiger partial charge on any atom is 0.407 e. The SMILES string of the molecule is Cc1cnc(C)c(N2CC[C@H](NC(=O)OC(C)(C)C)C2)n1. The van der Waals surface area contributed by atoms with Gasteiger partial charge in [-0.15, -0.1) is 0 Å². The third kappa shape index (κ3) is 4.31. The number of aryl methyl sites for hydroxylation is 2. The van der Waals surface area contributed by atoms with E-state index in [0.717, 1.165) is 36.7 Å². The second-order valence-corrected chi connectivity index (χ2v) is 6.50. The number of nitrogens with one attached hydrogen (secondary N) is 1. The smallest absolute Gasteiger partial charge is 0.407 e. The van der Waals surface area contributed by atoms with Crippen LogP contribution >= 0.6 is 0 Å². The van der Waals surface area contributed by atoms with Gasteiger partial charge in [0, 0.05) is 19.3 Å². The predicted octanol–water partition coefficient (Wildman–Crippen LogP) is 2.20. The average molecular weight is 292 g/mol. The first-order chi connectivity index (χ1) is 9.74. The largest absolute Gasteiger partial charge is 0.444 e. The molecule has 6 heteroatoms. The van der Waals surface area contributed by atoms with Gasteiger partial charge in [0.25, 0.3) is 0 Å². The van der Waals surface area contributed by atoms with Gasteiger partial charge in [-0.3, -0.25) is 4.98 Å². The Morgan fingerprint density at radius 3 is 2.81 bits per heavy atom. The summed E-state index contributed by atoms with van der Waals surface area (Å²) in [5.41, 5.74) is 1.35. The van der Waals surface area contributed by atoms with Crippen LogP contribution in [-0.4, -0.2) is 40.8 Å². The number of aromatic nitrogens is 2. The Bertz CT molecular complexity index is 525. The third-order valence-corrected chi connectivity index (χ3v) is 3.26. The molecule has 1 atom stereocenters. The molecule has 1 aliphatic heterocycles. The zero-order chi connectivity index (χ0) is 15.6. The van der Waals surface area contributed by atoms with E-state index < -0.39 is 5.60 Å². The summed E-state index contributed by atoms with van der Waals surface area (Å²) in [6, 6.07) is 0.0848. The molecule has 0 aromatic carbocycles. The van der Waals surface area contributed by atoms with E-state index in [2.05, 4.69) is 20.2 Å². The Morgan fingerprint density at radius 2 is 2.14 bits per heavy atom. The number of hydrogen-bond acceptors (Lipinski definition) is 5. The molecule has 2 heterocycles. The van der Waals surface area contributed by atoms with E-state index in [9.17, 15) is 4.79 Å². The molecule has 21 heavy (non-hydrogen) atoms. The van der Waals surface area contributed by atoms with Crippen molar-refractivity contribution in [1.29, 1.82) is 0 Å². The van der Waals surface area contributed by atoms with Crippen LogP contribution in [0.3, 0.4) is 0 Å². The van der Waals surface area contributed by atoms with Crippen LogP contribution in [0.15, 0.2) is 6.20 Å². The van der Waals surface area contributed by atoms with E-state index in [1.165, 1.54) is 0 Å². The predicted molar refractivity (Wildman–Crippen MR) is 81.5 cm³/mol. The monoisotopic (exact) mass is 292 g/mol. The fourth-order valence-corrected chi connectivity index (χ4v) is 2.37. The Morgan fingerprint density at radius 1 is 1.43 bits per heavy atom. The summed E-state index contributed by atoms with van der Waals surface area (Å²) < 4.78 is 5.29. The van der Waals surface area contributed by atoms with Crippen LogP contribution in [0.2, 0.25) is 0 Å². The normalized spacial score (nSPS) is 18.7. The van der Waals surface area contributed by atoms with Crippen LogP contribution in [0, 0.1) is 13.8 Å². The molecule has 1 aromatic heterocycles. The fraction of sp³-hybridized carbons (Fsp3) is 0.667. The highest BCUT2D eigenvalue weighted by atomic mass is 16.6. The highest BCUT2D eigenvalue weighted by Crippen LogP contribution is 2.21. The highest BCUT2D eigenvalue weighted by molar-refractivity contribution is 5.68. The molecule has 116 valence electrons. The number of alkyl carbamates (subject to hydrolysis) is 1. The van der Waals surface area contributed by atoms with E-state index in [4.69, 9.17) is 4.74 Å². The summed E-state index contributed by atoms with van der Waals surface area (Å²) in [7, 11) is 0. The van der Waals surface area contributed by atoms with Crippen molar-refractivity contribution in [3.05, 3.63) is 17.6 Å². The van der Waals surface area contributed by atoms with Crippen LogP contribution in [0.1, 0.15) is 38.6 Å². The highest BCUT2D eigenvalue weighted by Gasteiger charge is 2.27. The van der Waals surface area contributed by atoms with Gasteiger partial charge < -0.3 is 15.0 Å². The summed E-state index contributed by atoms with van der Waals surface area (Å²) in [6.07, 6.45) is 2.29. The molecule has 1 fully saturated rings. The zero-order valence-electron chi connectivity index (χ0n) is 13.4. The number of amides is 1. The Balaban J connectivity index is 1.95. The maximum absolute atomic E-state index is 11.8. The fourth-order valence-electron chi connectivity index (χ4n) is 2.37. The Labute approximate surface area is 125 Å². The van der Waals surface area contributed by atoms with Gasteiger partial charge in [-0.05, 0) is 41.0 Å². The van der Waals surface area contributed by atoms with Crippen molar-refractivity contribution in [2.45, 2.75) is 52.7 Å². The molecule has 0 bridgehead atoms. The zero-order valence-corrected chi connectivity index (χ0v) is 13.4. The molecule has 0 aliphatic carbocycles. The standard InChI is InChI=1S/C15H24N4O2/c1-10-8-16-11(2)13(17-10)19-7-6-12(9-19)18-14(20)21-15(3,4)5/h8,12H,6-7,9H2,1-5H3,(H,18,20)/t12-/m0/s1. The number of rotatable bonds is 2. The molecule has 1 N–H and O–H groups in total. The van der Waals surface area contributed by atoms with Gasteiger partial charge >= 0.3 is 6.09 Å². The van der Waals surface area contributed by atoms with E-state index >= 15 is 0 Å². The maximum atomic E-state index is 11.8. The van der Waals surface area contributed by atoms with Gasteiger partial charge in [0.1, 0.15) is 11.4 Å². The lowest BCUT2D eigenvalue weighted by Crippen LogP contribution is -2.40. The molecular formula is C15H24N4O2. The van der Waals surface area contributed by atoms with E-state index in [-0.39, 0.29) is 12.1 Å².